The van der Waals surface area contributed by atoms with Crippen molar-refractivity contribution in [2.45, 2.75) is 12.3 Å². The number of hydrogen-bond acceptors (Lipinski definition) is 3. The number of aliphatic carboxylic acids is 1. The summed E-state index contributed by atoms with van der Waals surface area (Å²) in [7, 11) is 0. The van der Waals surface area contributed by atoms with Crippen molar-refractivity contribution < 1.29 is 14.7 Å². The molecule has 1 aromatic rings. The Balaban J connectivity index is 2.93. The van der Waals surface area contributed by atoms with Gasteiger partial charge in [0, 0.05) is 12.1 Å². The number of hydrogen-bond donors (Lipinski definition) is 2. The number of carbonyl (C=O) groups is 2. The Morgan fingerprint density at radius 2 is 2.00 bits per heavy atom. The zero-order valence-electron chi connectivity index (χ0n) is 7.51. The highest BCUT2D eigenvalue weighted by Crippen LogP contribution is 2.19. The van der Waals surface area contributed by atoms with Gasteiger partial charge in [-0.1, -0.05) is 12.1 Å². The van der Waals surface area contributed by atoms with E-state index in [-0.39, 0.29) is 6.42 Å². The predicted molar refractivity (Wildman–Crippen MR) is 51.9 cm³/mol. The van der Waals surface area contributed by atoms with Gasteiger partial charge in [0.05, 0.1) is 5.92 Å². The second-order valence-electron chi connectivity index (χ2n) is 2.96. The number of rotatable bonds is 4. The molecule has 3 N–H and O–H groups in total. The third-order valence-corrected chi connectivity index (χ3v) is 1.97. The Morgan fingerprint density at radius 3 is 2.43 bits per heavy atom. The van der Waals surface area contributed by atoms with Crippen LogP contribution in [0, 0.1) is 0 Å². The number of nitrogens with two attached hydrogens (primary N) is 1. The highest BCUT2D eigenvalue weighted by Gasteiger charge is 2.18. The van der Waals surface area contributed by atoms with E-state index in [0.717, 1.165) is 0 Å². The van der Waals surface area contributed by atoms with E-state index in [1.807, 2.05) is 0 Å². The van der Waals surface area contributed by atoms with Crippen molar-refractivity contribution in [2.75, 3.05) is 5.73 Å². The van der Waals surface area contributed by atoms with Gasteiger partial charge in [-0.05, 0) is 17.7 Å². The molecule has 1 atom stereocenters. The Hall–Kier alpha value is -1.84. The third kappa shape index (κ3) is 2.32. The lowest BCUT2D eigenvalue weighted by molar-refractivity contribution is -0.139. The summed E-state index contributed by atoms with van der Waals surface area (Å²) in [6.07, 6.45) is 0.592. The Labute approximate surface area is 81.3 Å². The van der Waals surface area contributed by atoms with Crippen LogP contribution in [0.3, 0.4) is 0 Å². The minimum atomic E-state index is -0.998. The Morgan fingerprint density at radius 1 is 1.43 bits per heavy atom. The average Bonchev–Trinajstić information content (AvgIpc) is 2.15. The van der Waals surface area contributed by atoms with E-state index < -0.39 is 11.9 Å². The van der Waals surface area contributed by atoms with Crippen LogP contribution >= 0.6 is 0 Å². The van der Waals surface area contributed by atoms with Gasteiger partial charge in [-0.25, -0.2) is 0 Å². The highest BCUT2D eigenvalue weighted by atomic mass is 16.4. The van der Waals surface area contributed by atoms with Gasteiger partial charge < -0.3 is 15.6 Å². The van der Waals surface area contributed by atoms with E-state index in [9.17, 15) is 9.59 Å². The van der Waals surface area contributed by atoms with Gasteiger partial charge in [0.2, 0.25) is 0 Å². The van der Waals surface area contributed by atoms with Crippen molar-refractivity contribution in [3.05, 3.63) is 29.8 Å². The van der Waals surface area contributed by atoms with Crippen LogP contribution in [0.2, 0.25) is 0 Å². The number of carboxylic acids is 1. The van der Waals surface area contributed by atoms with Crippen LogP contribution in [0.1, 0.15) is 17.9 Å². The number of carbonyl (C=O) groups excluding carboxylic acids is 1. The summed E-state index contributed by atoms with van der Waals surface area (Å²) in [5.41, 5.74) is 6.63. The molecule has 0 spiro atoms. The molecule has 1 unspecified atom stereocenters. The van der Waals surface area contributed by atoms with Gasteiger partial charge in [-0.2, -0.15) is 0 Å². The number of nitrogen functional groups attached to an aromatic ring is 1. The first-order valence-electron chi connectivity index (χ1n) is 4.17. The van der Waals surface area contributed by atoms with Crippen molar-refractivity contribution in [3.8, 4) is 0 Å². The van der Waals surface area contributed by atoms with Crippen molar-refractivity contribution in [1.29, 1.82) is 0 Å². The maximum Gasteiger partial charge on any atom is 0.311 e. The molecule has 4 nitrogen and oxygen atoms in total. The zero-order valence-corrected chi connectivity index (χ0v) is 7.51. The number of aldehydes is 1. The molecule has 0 saturated heterocycles. The summed E-state index contributed by atoms with van der Waals surface area (Å²) in [4.78, 5) is 21.1. The fourth-order valence-electron chi connectivity index (χ4n) is 1.20. The van der Waals surface area contributed by atoms with Crippen LogP contribution < -0.4 is 5.73 Å². The van der Waals surface area contributed by atoms with Crippen LogP contribution in [0.4, 0.5) is 5.69 Å². The van der Waals surface area contributed by atoms with Crippen molar-refractivity contribution in [2.24, 2.45) is 0 Å². The molecule has 0 bridgehead atoms. The summed E-state index contributed by atoms with van der Waals surface area (Å²) in [5, 5.41) is 8.84. The largest absolute Gasteiger partial charge is 0.481 e. The molecule has 0 aliphatic rings. The third-order valence-electron chi connectivity index (χ3n) is 1.97. The predicted octanol–water partition coefficient (Wildman–Crippen LogP) is 1.03. The van der Waals surface area contributed by atoms with E-state index in [2.05, 4.69) is 0 Å². The van der Waals surface area contributed by atoms with Gasteiger partial charge in [0.1, 0.15) is 6.29 Å². The maximum absolute atomic E-state index is 10.8. The molecule has 0 aliphatic heterocycles. The molecule has 0 aliphatic carbocycles. The van der Waals surface area contributed by atoms with Crippen LogP contribution in [0.15, 0.2) is 24.3 Å². The second-order valence-corrected chi connectivity index (χ2v) is 2.96. The SMILES string of the molecule is Nc1ccc(C(CC=O)C(=O)O)cc1. The first-order chi connectivity index (χ1) is 6.65. The Bertz CT molecular complexity index is 332. The minimum Gasteiger partial charge on any atom is -0.481 e. The number of anilines is 1. The molecule has 0 saturated carbocycles. The van der Waals surface area contributed by atoms with Crippen LogP contribution in [0.5, 0.6) is 0 Å². The van der Waals surface area contributed by atoms with Gasteiger partial charge in [-0.3, -0.25) is 4.79 Å². The monoisotopic (exact) mass is 193 g/mol. The fraction of sp³-hybridized carbons (Fsp3) is 0.200. The van der Waals surface area contributed by atoms with E-state index in [1.165, 1.54) is 0 Å². The summed E-state index contributed by atoms with van der Waals surface area (Å²) in [6, 6.07) is 6.49. The lowest BCUT2D eigenvalue weighted by Crippen LogP contribution is -2.12. The molecule has 0 aromatic heterocycles. The first kappa shape index (κ1) is 10.2. The summed E-state index contributed by atoms with van der Waals surface area (Å²) >= 11 is 0. The fourth-order valence-corrected chi connectivity index (χ4v) is 1.20. The Kier molecular flexibility index (Phi) is 3.23. The van der Waals surface area contributed by atoms with Gasteiger partial charge in [-0.15, -0.1) is 0 Å². The van der Waals surface area contributed by atoms with E-state index in [1.54, 1.807) is 24.3 Å². The molecular weight excluding hydrogens is 182 g/mol. The normalized spacial score (nSPS) is 12.0. The maximum atomic E-state index is 10.8. The molecule has 0 heterocycles. The molecule has 0 amide bonds. The quantitative estimate of drug-likeness (QED) is 0.552. The summed E-state index contributed by atoms with van der Waals surface area (Å²) in [5.74, 6) is -1.77. The molecule has 1 aromatic carbocycles. The minimum absolute atomic E-state index is 0.0146. The molecule has 14 heavy (non-hydrogen) atoms. The smallest absolute Gasteiger partial charge is 0.311 e. The van der Waals surface area contributed by atoms with E-state index in [4.69, 9.17) is 10.8 Å². The molecule has 4 heteroatoms. The lowest BCUT2D eigenvalue weighted by Gasteiger charge is -2.08. The molecular formula is C10H11NO3. The van der Waals surface area contributed by atoms with Gasteiger partial charge in [0.25, 0.3) is 0 Å². The van der Waals surface area contributed by atoms with Crippen LogP contribution in [-0.2, 0) is 9.59 Å². The average molecular weight is 193 g/mol. The molecule has 0 fully saturated rings. The van der Waals surface area contributed by atoms with Gasteiger partial charge >= 0.3 is 5.97 Å². The first-order valence-corrected chi connectivity index (χ1v) is 4.17. The van der Waals surface area contributed by atoms with Crippen molar-refractivity contribution in [1.82, 2.24) is 0 Å². The standard InChI is InChI=1S/C10H11NO3/c11-8-3-1-7(2-4-8)9(5-6-12)10(13)14/h1-4,6,9H,5,11H2,(H,13,14). The van der Waals surface area contributed by atoms with Crippen molar-refractivity contribution in [3.63, 3.8) is 0 Å². The topological polar surface area (TPSA) is 80.4 Å². The molecule has 0 radical (unpaired) electrons. The van der Waals surface area contributed by atoms with Crippen LogP contribution in [0.25, 0.3) is 0 Å². The summed E-state index contributed by atoms with van der Waals surface area (Å²) < 4.78 is 0. The number of benzene rings is 1. The van der Waals surface area contributed by atoms with Crippen molar-refractivity contribution >= 4 is 17.9 Å². The number of carboxylic acid groups (broad SMARTS) is 1. The molecule has 1 rings (SSSR count). The summed E-state index contributed by atoms with van der Waals surface area (Å²) in [6.45, 7) is 0. The molecule has 74 valence electrons. The highest BCUT2D eigenvalue weighted by molar-refractivity contribution is 5.79. The second kappa shape index (κ2) is 4.41. The van der Waals surface area contributed by atoms with Gasteiger partial charge in [0.15, 0.2) is 0 Å². The van der Waals surface area contributed by atoms with E-state index in [0.29, 0.717) is 17.5 Å². The lowest BCUT2D eigenvalue weighted by atomic mass is 9.96. The van der Waals surface area contributed by atoms with Crippen LogP contribution in [-0.4, -0.2) is 17.4 Å². The van der Waals surface area contributed by atoms with E-state index >= 15 is 0 Å². The zero-order chi connectivity index (χ0) is 10.6.